The second-order valence-corrected chi connectivity index (χ2v) is 11.5. The first-order valence-electron chi connectivity index (χ1n) is 14.8. The zero-order chi connectivity index (χ0) is 26.0. The Kier molecular flexibility index (Phi) is 11.9. The Morgan fingerprint density at radius 1 is 1.05 bits per heavy atom. The number of fused-ring (bicyclic) bond motifs is 1. The van der Waals surface area contributed by atoms with E-state index in [1.54, 1.807) is 0 Å². The van der Waals surface area contributed by atoms with E-state index in [0.29, 0.717) is 63.1 Å². The fraction of sp³-hybridized carbons (Fsp3) is 0.963. The van der Waals surface area contributed by atoms with Crippen LogP contribution in [0, 0.1) is 17.8 Å². The van der Waals surface area contributed by atoms with Gasteiger partial charge in [-0.1, -0.05) is 6.92 Å². The molecule has 10 heteroatoms. The SMILES string of the molecule is COC1CCC(C2CNC3C(NC4CCC(C(=O)NCCOCCNCCO)C(C)C4)NCCN23)CC1. The van der Waals surface area contributed by atoms with Gasteiger partial charge in [-0.05, 0) is 56.8 Å². The van der Waals surface area contributed by atoms with Crippen LogP contribution in [0.25, 0.3) is 0 Å². The predicted octanol–water partition coefficient (Wildman–Crippen LogP) is -0.170. The largest absolute Gasteiger partial charge is 0.395 e. The van der Waals surface area contributed by atoms with Crippen LogP contribution in [-0.2, 0) is 14.3 Å². The molecule has 4 fully saturated rings. The van der Waals surface area contributed by atoms with Gasteiger partial charge in [-0.25, -0.2) is 0 Å². The lowest BCUT2D eigenvalue weighted by atomic mass is 9.77. The highest BCUT2D eigenvalue weighted by atomic mass is 16.5. The fourth-order valence-electron chi connectivity index (χ4n) is 7.07. The van der Waals surface area contributed by atoms with E-state index in [1.165, 1.54) is 25.7 Å². The summed E-state index contributed by atoms with van der Waals surface area (Å²) in [4.78, 5) is 15.5. The van der Waals surface area contributed by atoms with Crippen LogP contribution in [0.2, 0.25) is 0 Å². The number of methoxy groups -OCH3 is 1. The van der Waals surface area contributed by atoms with Crippen LogP contribution >= 0.6 is 0 Å². The Hall–Kier alpha value is -0.850. The van der Waals surface area contributed by atoms with Gasteiger partial charge in [0.1, 0.15) is 0 Å². The van der Waals surface area contributed by atoms with Gasteiger partial charge in [0, 0.05) is 64.4 Å². The predicted molar refractivity (Wildman–Crippen MR) is 144 cm³/mol. The second-order valence-electron chi connectivity index (χ2n) is 11.5. The van der Waals surface area contributed by atoms with Crippen LogP contribution in [0.4, 0.5) is 0 Å². The fourth-order valence-corrected chi connectivity index (χ4v) is 7.07. The Labute approximate surface area is 223 Å². The Morgan fingerprint density at radius 3 is 2.62 bits per heavy atom. The van der Waals surface area contributed by atoms with Crippen LogP contribution in [0.1, 0.15) is 51.9 Å². The number of hydrogen-bond donors (Lipinski definition) is 6. The van der Waals surface area contributed by atoms with Crippen molar-refractivity contribution in [2.75, 3.05) is 66.2 Å². The summed E-state index contributed by atoms with van der Waals surface area (Å²) in [6.45, 7) is 8.51. The second kappa shape index (κ2) is 15.1. The van der Waals surface area contributed by atoms with E-state index in [1.807, 2.05) is 7.11 Å². The molecular formula is C27H52N6O4. The topological polar surface area (TPSA) is 119 Å². The minimum Gasteiger partial charge on any atom is -0.395 e. The molecule has 2 saturated heterocycles. The molecule has 0 aromatic carbocycles. The smallest absolute Gasteiger partial charge is 0.223 e. The minimum absolute atomic E-state index is 0.0799. The van der Waals surface area contributed by atoms with Crippen molar-refractivity contribution in [2.45, 2.75) is 82.4 Å². The molecule has 37 heavy (non-hydrogen) atoms. The molecule has 0 spiro atoms. The van der Waals surface area contributed by atoms with E-state index in [4.69, 9.17) is 14.6 Å². The van der Waals surface area contributed by atoms with Crippen molar-refractivity contribution in [2.24, 2.45) is 17.8 Å². The number of ether oxygens (including phenoxy) is 2. The zero-order valence-corrected chi connectivity index (χ0v) is 23.1. The average Bonchev–Trinajstić information content (AvgIpc) is 3.35. The molecule has 2 aliphatic heterocycles. The molecule has 0 aromatic rings. The van der Waals surface area contributed by atoms with Crippen molar-refractivity contribution in [3.05, 3.63) is 0 Å². The molecule has 2 heterocycles. The van der Waals surface area contributed by atoms with Crippen LogP contribution < -0.4 is 26.6 Å². The molecule has 6 atom stereocenters. The molecule has 6 unspecified atom stereocenters. The summed E-state index contributed by atoms with van der Waals surface area (Å²) in [6, 6.07) is 1.07. The number of rotatable bonds is 13. The van der Waals surface area contributed by atoms with Crippen LogP contribution in [0.3, 0.4) is 0 Å². The number of carbonyl (C=O) groups excluding carboxylic acids is 1. The Morgan fingerprint density at radius 2 is 1.86 bits per heavy atom. The number of hydrogen-bond acceptors (Lipinski definition) is 9. The van der Waals surface area contributed by atoms with E-state index < -0.39 is 0 Å². The quantitative estimate of drug-likeness (QED) is 0.183. The lowest BCUT2D eigenvalue weighted by Crippen LogP contribution is -2.67. The maximum atomic E-state index is 12.8. The van der Waals surface area contributed by atoms with Crippen molar-refractivity contribution < 1.29 is 19.4 Å². The average molecular weight is 525 g/mol. The van der Waals surface area contributed by atoms with Gasteiger partial charge in [-0.15, -0.1) is 0 Å². The maximum absolute atomic E-state index is 12.8. The number of carbonyl (C=O) groups is 1. The minimum atomic E-state index is 0.0799. The summed E-state index contributed by atoms with van der Waals surface area (Å²) in [5.41, 5.74) is 0. The highest BCUT2D eigenvalue weighted by Crippen LogP contribution is 2.34. The third-order valence-electron chi connectivity index (χ3n) is 9.14. The van der Waals surface area contributed by atoms with Crippen molar-refractivity contribution in [1.29, 1.82) is 0 Å². The van der Waals surface area contributed by atoms with Crippen molar-refractivity contribution in [1.82, 2.24) is 31.5 Å². The van der Waals surface area contributed by atoms with E-state index in [-0.39, 0.29) is 24.6 Å². The van der Waals surface area contributed by atoms with Crippen LogP contribution in [0.15, 0.2) is 0 Å². The van der Waals surface area contributed by atoms with Crippen molar-refractivity contribution >= 4 is 5.91 Å². The first-order chi connectivity index (χ1) is 18.1. The van der Waals surface area contributed by atoms with E-state index in [9.17, 15) is 4.79 Å². The Balaban J connectivity index is 1.16. The number of aliphatic hydroxyl groups is 1. The molecule has 4 aliphatic rings. The van der Waals surface area contributed by atoms with E-state index in [0.717, 1.165) is 44.8 Å². The van der Waals surface area contributed by atoms with Gasteiger partial charge in [0.2, 0.25) is 5.91 Å². The first-order valence-corrected chi connectivity index (χ1v) is 14.8. The molecule has 0 radical (unpaired) electrons. The summed E-state index contributed by atoms with van der Waals surface area (Å²) in [7, 11) is 1.85. The lowest BCUT2D eigenvalue weighted by molar-refractivity contribution is -0.128. The van der Waals surface area contributed by atoms with Gasteiger partial charge >= 0.3 is 0 Å². The first kappa shape index (κ1) is 29.1. The van der Waals surface area contributed by atoms with Gasteiger partial charge in [-0.2, -0.15) is 0 Å². The van der Waals surface area contributed by atoms with Gasteiger partial charge < -0.3 is 25.2 Å². The van der Waals surface area contributed by atoms with Gasteiger partial charge in [0.15, 0.2) is 0 Å². The number of amides is 1. The monoisotopic (exact) mass is 524 g/mol. The third kappa shape index (κ3) is 8.08. The highest BCUT2D eigenvalue weighted by Gasteiger charge is 2.44. The number of piperazine rings is 1. The standard InChI is InChI=1S/C27H52N6O4/c1-19-17-21(5-8-23(19)27(35)30-12-16-37-15-11-28-10-14-34)32-25-26-31-18-24(33(26)13-9-29-25)20-3-6-22(36-2)7-4-20/h19-26,28-29,31-32,34H,3-18H2,1-2H3,(H,30,35). The normalized spacial score (nSPS) is 36.8. The zero-order valence-electron chi connectivity index (χ0n) is 23.1. The maximum Gasteiger partial charge on any atom is 0.223 e. The summed E-state index contributed by atoms with van der Waals surface area (Å²) in [5, 5.41) is 26.4. The van der Waals surface area contributed by atoms with Gasteiger partial charge in [0.25, 0.3) is 0 Å². The number of aliphatic hydroxyl groups excluding tert-OH is 1. The van der Waals surface area contributed by atoms with Crippen molar-refractivity contribution in [3.63, 3.8) is 0 Å². The molecule has 0 bridgehead atoms. The molecule has 214 valence electrons. The lowest BCUT2D eigenvalue weighted by Gasteiger charge is -2.45. The van der Waals surface area contributed by atoms with Crippen molar-refractivity contribution in [3.8, 4) is 0 Å². The Bertz CT molecular complexity index is 679. The molecule has 0 aromatic heterocycles. The van der Waals surface area contributed by atoms with E-state index in [2.05, 4.69) is 38.4 Å². The van der Waals surface area contributed by atoms with Gasteiger partial charge in [0.05, 0.1) is 38.3 Å². The third-order valence-corrected chi connectivity index (χ3v) is 9.14. The molecule has 10 nitrogen and oxygen atoms in total. The highest BCUT2D eigenvalue weighted by molar-refractivity contribution is 5.79. The molecule has 2 aliphatic carbocycles. The molecule has 6 N–H and O–H groups in total. The summed E-state index contributed by atoms with van der Waals surface area (Å²) in [6.07, 6.45) is 8.98. The van der Waals surface area contributed by atoms with Crippen LogP contribution in [0.5, 0.6) is 0 Å². The number of nitrogens with one attached hydrogen (secondary N) is 5. The molecule has 1 amide bonds. The van der Waals surface area contributed by atoms with E-state index >= 15 is 0 Å². The summed E-state index contributed by atoms with van der Waals surface area (Å²) >= 11 is 0. The number of nitrogens with zero attached hydrogens (tertiary/aromatic N) is 1. The van der Waals surface area contributed by atoms with Gasteiger partial charge in [-0.3, -0.25) is 25.6 Å². The molecule has 2 saturated carbocycles. The molecule has 4 rings (SSSR count). The van der Waals surface area contributed by atoms with Crippen LogP contribution in [-0.4, -0.2) is 113 Å². The summed E-state index contributed by atoms with van der Waals surface area (Å²) < 4.78 is 11.1. The summed E-state index contributed by atoms with van der Waals surface area (Å²) in [5.74, 6) is 1.37. The molecular weight excluding hydrogens is 472 g/mol.